The van der Waals surface area contributed by atoms with E-state index in [4.69, 9.17) is 0 Å². The van der Waals surface area contributed by atoms with Crippen molar-refractivity contribution in [3.8, 4) is 0 Å². The van der Waals surface area contributed by atoms with Crippen molar-refractivity contribution in [2.24, 2.45) is 5.92 Å². The number of halogens is 1. The van der Waals surface area contributed by atoms with Crippen LogP contribution in [-0.2, 0) is 4.79 Å². The summed E-state index contributed by atoms with van der Waals surface area (Å²) in [5.74, 6) is 0.337. The molecule has 1 heterocycles. The van der Waals surface area contributed by atoms with Crippen molar-refractivity contribution < 1.29 is 9.90 Å². The Balaban J connectivity index is 0.00000289. The summed E-state index contributed by atoms with van der Waals surface area (Å²) in [6.45, 7) is 7.44. The Morgan fingerprint density at radius 3 is 2.41 bits per heavy atom. The van der Waals surface area contributed by atoms with E-state index in [1.807, 2.05) is 11.0 Å². The molecule has 0 radical (unpaired) electrons. The molecule has 0 bridgehead atoms. The van der Waals surface area contributed by atoms with E-state index in [1.165, 1.54) is 21.9 Å². The first-order chi connectivity index (χ1) is 14.8. The van der Waals surface area contributed by atoms with Gasteiger partial charge in [-0.2, -0.15) is 0 Å². The first-order valence-corrected chi connectivity index (χ1v) is 11.1. The second kappa shape index (κ2) is 10.0. The number of rotatable bonds is 6. The fourth-order valence-electron chi connectivity index (χ4n) is 4.77. The molecule has 4 rings (SSSR count). The molecule has 3 atom stereocenters. The van der Waals surface area contributed by atoms with E-state index in [2.05, 4.69) is 79.0 Å². The molecule has 0 aliphatic carbocycles. The summed E-state index contributed by atoms with van der Waals surface area (Å²) >= 11 is 0. The third kappa shape index (κ3) is 5.15. The van der Waals surface area contributed by atoms with Gasteiger partial charge in [-0.25, -0.2) is 0 Å². The average Bonchev–Trinajstić information content (AvgIpc) is 3.20. The summed E-state index contributed by atoms with van der Waals surface area (Å²) < 4.78 is 0. The highest BCUT2D eigenvalue weighted by Crippen LogP contribution is 2.34. The van der Waals surface area contributed by atoms with Crippen LogP contribution in [0.25, 0.3) is 10.8 Å². The molecule has 2 unspecified atom stereocenters. The normalized spacial score (nSPS) is 19.6. The molecular formula is C27H33ClN2O2. The quantitative estimate of drug-likeness (QED) is 0.557. The van der Waals surface area contributed by atoms with Crippen molar-refractivity contribution in [1.82, 2.24) is 10.2 Å². The van der Waals surface area contributed by atoms with Gasteiger partial charge in [0.2, 0.25) is 0 Å². The van der Waals surface area contributed by atoms with Gasteiger partial charge in [-0.3, -0.25) is 4.79 Å². The minimum absolute atomic E-state index is 0. The molecule has 1 fully saturated rings. The van der Waals surface area contributed by atoms with Crippen molar-refractivity contribution in [3.05, 3.63) is 83.9 Å². The van der Waals surface area contributed by atoms with Gasteiger partial charge in [0, 0.05) is 31.6 Å². The highest BCUT2D eigenvalue weighted by Gasteiger charge is 2.40. The minimum Gasteiger partial charge on any atom is -0.381 e. The number of likely N-dealkylation sites (tertiary alicyclic amines) is 1. The number of carbonyl (C=O) groups excluding carboxylic acids is 1. The van der Waals surface area contributed by atoms with Crippen LogP contribution in [0.15, 0.2) is 72.8 Å². The highest BCUT2D eigenvalue weighted by atomic mass is 35.5. The molecule has 0 spiro atoms. The lowest BCUT2D eigenvalue weighted by molar-refractivity contribution is -0.146. The van der Waals surface area contributed by atoms with Crippen molar-refractivity contribution in [2.75, 3.05) is 19.6 Å². The zero-order valence-electron chi connectivity index (χ0n) is 19.0. The van der Waals surface area contributed by atoms with Crippen molar-refractivity contribution >= 4 is 29.1 Å². The van der Waals surface area contributed by atoms with E-state index in [0.717, 1.165) is 6.54 Å². The maximum absolute atomic E-state index is 12.8. The Kier molecular flexibility index (Phi) is 7.60. The van der Waals surface area contributed by atoms with Crippen LogP contribution in [0.5, 0.6) is 0 Å². The molecule has 3 aromatic carbocycles. The smallest absolute Gasteiger partial charge is 0.253 e. The first kappa shape index (κ1) is 24.2. The summed E-state index contributed by atoms with van der Waals surface area (Å²) in [6, 6.07) is 25.5. The maximum Gasteiger partial charge on any atom is 0.253 e. The van der Waals surface area contributed by atoms with Gasteiger partial charge < -0.3 is 15.3 Å². The molecule has 32 heavy (non-hydrogen) atoms. The monoisotopic (exact) mass is 452 g/mol. The van der Waals surface area contributed by atoms with E-state index < -0.39 is 5.60 Å². The number of amides is 1. The second-order valence-corrected chi connectivity index (χ2v) is 9.24. The lowest BCUT2D eigenvalue weighted by atomic mass is 9.88. The molecule has 1 aliphatic rings. The van der Waals surface area contributed by atoms with Gasteiger partial charge >= 0.3 is 0 Å². The Bertz CT molecular complexity index is 1040. The van der Waals surface area contributed by atoms with Crippen molar-refractivity contribution in [2.45, 2.75) is 38.3 Å². The summed E-state index contributed by atoms with van der Waals surface area (Å²) in [5, 5.41) is 16.5. The van der Waals surface area contributed by atoms with Crippen LogP contribution in [0, 0.1) is 5.92 Å². The van der Waals surface area contributed by atoms with Crippen LogP contribution in [0.4, 0.5) is 0 Å². The summed E-state index contributed by atoms with van der Waals surface area (Å²) in [6.07, 6.45) is 0. The third-order valence-corrected chi connectivity index (χ3v) is 6.46. The van der Waals surface area contributed by atoms with E-state index >= 15 is 0 Å². The Labute approximate surface area is 197 Å². The van der Waals surface area contributed by atoms with Gasteiger partial charge in [-0.15, -0.1) is 12.4 Å². The lowest BCUT2D eigenvalue weighted by Crippen LogP contribution is -2.44. The van der Waals surface area contributed by atoms with E-state index in [0.29, 0.717) is 13.1 Å². The molecule has 170 valence electrons. The van der Waals surface area contributed by atoms with E-state index in [-0.39, 0.29) is 36.2 Å². The van der Waals surface area contributed by atoms with Crippen LogP contribution < -0.4 is 5.32 Å². The fourth-order valence-corrected chi connectivity index (χ4v) is 4.77. The van der Waals surface area contributed by atoms with E-state index in [9.17, 15) is 9.90 Å². The molecule has 0 saturated carbocycles. The molecule has 0 aromatic heterocycles. The number of carbonyl (C=O) groups is 1. The Hall–Kier alpha value is -2.40. The van der Waals surface area contributed by atoms with Crippen LogP contribution in [0.1, 0.15) is 43.9 Å². The molecule has 2 N–H and O–H groups in total. The fraction of sp³-hybridized carbons (Fsp3) is 0.370. The summed E-state index contributed by atoms with van der Waals surface area (Å²) in [4.78, 5) is 14.6. The number of fused-ring (bicyclic) bond motifs is 1. The number of benzene rings is 3. The van der Waals surface area contributed by atoms with Gasteiger partial charge in [-0.05, 0) is 48.6 Å². The van der Waals surface area contributed by atoms with Gasteiger partial charge in [0.1, 0.15) is 5.60 Å². The predicted octanol–water partition coefficient (Wildman–Crippen LogP) is 4.93. The van der Waals surface area contributed by atoms with Gasteiger partial charge in [0.25, 0.3) is 5.91 Å². The maximum atomic E-state index is 12.8. The Morgan fingerprint density at radius 1 is 1.03 bits per heavy atom. The second-order valence-electron chi connectivity index (χ2n) is 9.24. The largest absolute Gasteiger partial charge is 0.381 e. The predicted molar refractivity (Wildman–Crippen MR) is 133 cm³/mol. The van der Waals surface area contributed by atoms with Gasteiger partial charge in [0.05, 0.1) is 0 Å². The zero-order valence-corrected chi connectivity index (χ0v) is 19.8. The summed E-state index contributed by atoms with van der Waals surface area (Å²) in [7, 11) is 0. The lowest BCUT2D eigenvalue weighted by Gasteiger charge is -2.25. The highest BCUT2D eigenvalue weighted by molar-refractivity contribution is 5.86. The van der Waals surface area contributed by atoms with Crippen LogP contribution in [-0.4, -0.2) is 41.1 Å². The molecule has 3 aromatic rings. The van der Waals surface area contributed by atoms with Gasteiger partial charge in [-0.1, -0.05) is 72.8 Å². The van der Waals surface area contributed by atoms with E-state index in [1.54, 1.807) is 13.8 Å². The average molecular weight is 453 g/mol. The summed E-state index contributed by atoms with van der Waals surface area (Å²) in [5.41, 5.74) is 1.19. The topological polar surface area (TPSA) is 52.6 Å². The number of nitrogens with zero attached hydrogens (tertiary/aromatic N) is 1. The standard InChI is InChI=1S/C27H32N2O2.ClH/c1-19(23-15-9-13-20-12-7-8-14-24(20)23)28-16-22-17-29(26(30)27(2,3)31)18-25(22)21-10-5-4-6-11-21;/h4-15,19,22,25,28,31H,16-18H2,1-3H3;1H/t19-,22?,25?;/m1./s1. The number of hydrogen-bond donors (Lipinski definition) is 2. The SMILES string of the molecule is C[C@@H](NCC1CN(C(=O)C(C)(C)O)CC1c1ccccc1)c1cccc2ccccc12.Cl. The molecule has 1 saturated heterocycles. The van der Waals surface area contributed by atoms with Crippen molar-refractivity contribution in [1.29, 1.82) is 0 Å². The molecule has 4 nitrogen and oxygen atoms in total. The van der Waals surface area contributed by atoms with Crippen LogP contribution >= 0.6 is 12.4 Å². The van der Waals surface area contributed by atoms with Crippen molar-refractivity contribution in [3.63, 3.8) is 0 Å². The number of hydrogen-bond acceptors (Lipinski definition) is 3. The zero-order chi connectivity index (χ0) is 22.0. The van der Waals surface area contributed by atoms with Gasteiger partial charge in [0.15, 0.2) is 0 Å². The minimum atomic E-state index is -1.35. The molecular weight excluding hydrogens is 420 g/mol. The Morgan fingerprint density at radius 2 is 1.69 bits per heavy atom. The molecule has 1 amide bonds. The number of nitrogens with one attached hydrogen (secondary N) is 1. The van der Waals surface area contributed by atoms with Crippen LogP contribution in [0.3, 0.4) is 0 Å². The van der Waals surface area contributed by atoms with Crippen LogP contribution in [0.2, 0.25) is 0 Å². The third-order valence-electron chi connectivity index (χ3n) is 6.46. The molecule has 5 heteroatoms. The number of aliphatic hydroxyl groups is 1. The molecule has 1 aliphatic heterocycles. The first-order valence-electron chi connectivity index (χ1n) is 11.1.